The number of aliphatic hydroxyl groups excluding tert-OH is 1. The summed E-state index contributed by atoms with van der Waals surface area (Å²) in [5.74, 6) is 1.56. The quantitative estimate of drug-likeness (QED) is 0.762. The molecule has 0 amide bonds. The minimum atomic E-state index is -0.0913. The van der Waals surface area contributed by atoms with Gasteiger partial charge in [0.05, 0.1) is 12.9 Å². The molecule has 2 fully saturated rings. The minimum absolute atomic E-state index is 0.0913. The van der Waals surface area contributed by atoms with E-state index in [1.807, 2.05) is 4.57 Å². The van der Waals surface area contributed by atoms with Gasteiger partial charge in [0, 0.05) is 12.5 Å². The Balaban J connectivity index is 1.77. The van der Waals surface area contributed by atoms with E-state index in [0.717, 1.165) is 0 Å². The van der Waals surface area contributed by atoms with Gasteiger partial charge in [-0.3, -0.25) is 4.57 Å². The molecule has 0 spiro atoms. The predicted molar refractivity (Wildman–Crippen MR) is 62.3 cm³/mol. The molecule has 0 unspecified atom stereocenters. The largest absolute Gasteiger partial charge is 0.396 e. The summed E-state index contributed by atoms with van der Waals surface area (Å²) in [5.41, 5.74) is 7.05. The molecule has 1 saturated heterocycles. The number of hydrogen-bond donors (Lipinski definition) is 2. The summed E-state index contributed by atoms with van der Waals surface area (Å²) in [7, 11) is 0. The Morgan fingerprint density at radius 1 is 1.44 bits per heavy atom. The third kappa shape index (κ3) is 1.17. The Morgan fingerprint density at radius 2 is 2.33 bits per heavy atom. The molecular formula is C11H13N5O2. The van der Waals surface area contributed by atoms with Gasteiger partial charge in [-0.05, 0) is 11.8 Å². The van der Waals surface area contributed by atoms with E-state index in [0.29, 0.717) is 41.3 Å². The van der Waals surface area contributed by atoms with Crippen LogP contribution in [0.5, 0.6) is 0 Å². The van der Waals surface area contributed by atoms with Crippen molar-refractivity contribution < 1.29 is 9.84 Å². The molecule has 3 N–H and O–H groups in total. The fourth-order valence-corrected chi connectivity index (χ4v) is 3.03. The standard InChI is InChI=1S/C11H13N5O2/c12-9-8-10(14-3-13-9)16(4-15-8)11-7-5(1-17)6(7)2-18-11/h3-7,11,17H,1-2H2,(H2,12,13,14)/t5-,6+,7-,11+/m1/s1. The van der Waals surface area contributed by atoms with Crippen molar-refractivity contribution in [3.8, 4) is 0 Å². The number of hydrogen-bond acceptors (Lipinski definition) is 6. The van der Waals surface area contributed by atoms with Crippen LogP contribution in [0.1, 0.15) is 6.23 Å². The van der Waals surface area contributed by atoms with E-state index in [-0.39, 0.29) is 12.8 Å². The summed E-state index contributed by atoms with van der Waals surface area (Å²) in [6, 6.07) is 0. The van der Waals surface area contributed by atoms with Gasteiger partial charge in [0.15, 0.2) is 11.5 Å². The smallest absolute Gasteiger partial charge is 0.167 e. The lowest BCUT2D eigenvalue weighted by molar-refractivity contribution is 0.0121. The Hall–Kier alpha value is -1.73. The molecule has 1 aliphatic heterocycles. The molecule has 1 aliphatic carbocycles. The Labute approximate surface area is 103 Å². The van der Waals surface area contributed by atoms with Crippen LogP contribution in [0.2, 0.25) is 0 Å². The van der Waals surface area contributed by atoms with Crippen LogP contribution in [0.25, 0.3) is 11.2 Å². The zero-order chi connectivity index (χ0) is 12.3. The van der Waals surface area contributed by atoms with Gasteiger partial charge in [-0.25, -0.2) is 15.0 Å². The van der Waals surface area contributed by atoms with Gasteiger partial charge < -0.3 is 15.6 Å². The normalized spacial score (nSPS) is 33.8. The van der Waals surface area contributed by atoms with Crippen LogP contribution in [0.15, 0.2) is 12.7 Å². The fourth-order valence-electron chi connectivity index (χ4n) is 3.03. The third-order valence-corrected chi connectivity index (χ3v) is 4.06. The second kappa shape index (κ2) is 3.39. The summed E-state index contributed by atoms with van der Waals surface area (Å²) >= 11 is 0. The monoisotopic (exact) mass is 247 g/mol. The SMILES string of the molecule is Nc1ncnc2c1ncn2[C@H]1OC[C@H]2[C@@H](CO)[C@H]21. The average molecular weight is 247 g/mol. The van der Waals surface area contributed by atoms with Gasteiger partial charge >= 0.3 is 0 Å². The van der Waals surface area contributed by atoms with Gasteiger partial charge in [0.2, 0.25) is 0 Å². The number of anilines is 1. The second-order valence-corrected chi connectivity index (χ2v) is 4.89. The van der Waals surface area contributed by atoms with Crippen molar-refractivity contribution in [2.75, 3.05) is 18.9 Å². The van der Waals surface area contributed by atoms with Crippen LogP contribution in [0, 0.1) is 17.8 Å². The van der Waals surface area contributed by atoms with E-state index >= 15 is 0 Å². The number of imidazole rings is 1. The highest BCUT2D eigenvalue weighted by Crippen LogP contribution is 2.58. The van der Waals surface area contributed by atoms with E-state index in [9.17, 15) is 5.11 Å². The molecule has 1 saturated carbocycles. The molecule has 18 heavy (non-hydrogen) atoms. The van der Waals surface area contributed by atoms with E-state index < -0.39 is 0 Å². The van der Waals surface area contributed by atoms with Gasteiger partial charge in [-0.1, -0.05) is 0 Å². The fraction of sp³-hybridized carbons (Fsp3) is 0.545. The zero-order valence-corrected chi connectivity index (χ0v) is 9.60. The minimum Gasteiger partial charge on any atom is -0.396 e. The van der Waals surface area contributed by atoms with Gasteiger partial charge in [-0.15, -0.1) is 0 Å². The number of rotatable bonds is 2. The Morgan fingerprint density at radius 3 is 3.11 bits per heavy atom. The summed E-state index contributed by atoms with van der Waals surface area (Å²) < 4.78 is 7.65. The number of ether oxygens (including phenoxy) is 1. The van der Waals surface area contributed by atoms with Crippen LogP contribution in [0.4, 0.5) is 5.82 Å². The van der Waals surface area contributed by atoms with Gasteiger partial charge in [-0.2, -0.15) is 0 Å². The van der Waals surface area contributed by atoms with E-state index in [1.165, 1.54) is 6.33 Å². The van der Waals surface area contributed by atoms with Crippen molar-refractivity contribution >= 4 is 17.0 Å². The van der Waals surface area contributed by atoms with Crippen molar-refractivity contribution in [1.29, 1.82) is 0 Å². The highest BCUT2D eigenvalue weighted by atomic mass is 16.5. The van der Waals surface area contributed by atoms with E-state index in [4.69, 9.17) is 10.5 Å². The van der Waals surface area contributed by atoms with Crippen molar-refractivity contribution in [2.24, 2.45) is 17.8 Å². The summed E-state index contributed by atoms with van der Waals surface area (Å²) in [5, 5.41) is 9.26. The van der Waals surface area contributed by atoms with Crippen molar-refractivity contribution in [3.63, 3.8) is 0 Å². The van der Waals surface area contributed by atoms with Crippen LogP contribution >= 0.6 is 0 Å². The van der Waals surface area contributed by atoms with E-state index in [2.05, 4.69) is 15.0 Å². The van der Waals surface area contributed by atoms with E-state index in [1.54, 1.807) is 6.33 Å². The molecule has 0 radical (unpaired) electrons. The van der Waals surface area contributed by atoms with Crippen LogP contribution in [-0.2, 0) is 4.74 Å². The van der Waals surface area contributed by atoms with Gasteiger partial charge in [0.25, 0.3) is 0 Å². The molecule has 7 nitrogen and oxygen atoms in total. The molecule has 2 aromatic rings. The summed E-state index contributed by atoms with van der Waals surface area (Å²) in [4.78, 5) is 12.4. The van der Waals surface area contributed by atoms with Crippen LogP contribution in [-0.4, -0.2) is 37.8 Å². The lowest BCUT2D eigenvalue weighted by Gasteiger charge is -2.16. The van der Waals surface area contributed by atoms with Crippen molar-refractivity contribution in [1.82, 2.24) is 19.5 Å². The van der Waals surface area contributed by atoms with Crippen molar-refractivity contribution in [3.05, 3.63) is 12.7 Å². The average Bonchev–Trinajstić information content (AvgIpc) is 2.75. The first-order valence-corrected chi connectivity index (χ1v) is 5.96. The molecule has 2 aromatic heterocycles. The third-order valence-electron chi connectivity index (χ3n) is 4.06. The lowest BCUT2D eigenvalue weighted by atomic mass is 10.3. The molecular weight excluding hydrogens is 234 g/mol. The zero-order valence-electron chi connectivity index (χ0n) is 9.60. The first-order valence-electron chi connectivity index (χ1n) is 5.96. The summed E-state index contributed by atoms with van der Waals surface area (Å²) in [6.45, 7) is 0.916. The number of fused-ring (bicyclic) bond motifs is 2. The maximum absolute atomic E-state index is 9.26. The number of nitrogens with two attached hydrogens (primary N) is 1. The number of aromatic nitrogens is 4. The van der Waals surface area contributed by atoms with Crippen molar-refractivity contribution in [2.45, 2.75) is 6.23 Å². The maximum atomic E-state index is 9.26. The molecule has 94 valence electrons. The summed E-state index contributed by atoms with van der Waals surface area (Å²) in [6.07, 6.45) is 3.03. The topological polar surface area (TPSA) is 99.1 Å². The molecule has 0 bridgehead atoms. The van der Waals surface area contributed by atoms with Crippen LogP contribution in [0.3, 0.4) is 0 Å². The Kier molecular flexibility index (Phi) is 1.93. The number of nitrogen functional groups attached to an aromatic ring is 1. The Bertz CT molecular complexity index is 608. The molecule has 3 heterocycles. The highest BCUT2D eigenvalue weighted by Gasteiger charge is 2.59. The lowest BCUT2D eigenvalue weighted by Crippen LogP contribution is -2.14. The number of aliphatic hydroxyl groups is 1. The second-order valence-electron chi connectivity index (χ2n) is 4.89. The first kappa shape index (κ1) is 10.2. The first-order chi connectivity index (χ1) is 8.81. The maximum Gasteiger partial charge on any atom is 0.167 e. The number of nitrogens with zero attached hydrogens (tertiary/aromatic N) is 4. The predicted octanol–water partition coefficient (Wildman–Crippen LogP) is -0.208. The highest BCUT2D eigenvalue weighted by molar-refractivity contribution is 5.81. The van der Waals surface area contributed by atoms with Crippen LogP contribution < -0.4 is 5.73 Å². The molecule has 4 atom stereocenters. The molecule has 2 aliphatic rings. The van der Waals surface area contributed by atoms with Gasteiger partial charge in [0.1, 0.15) is 18.1 Å². The molecule has 7 heteroatoms. The molecule has 0 aromatic carbocycles. The molecule has 4 rings (SSSR count).